The topological polar surface area (TPSA) is 64.1 Å². The third kappa shape index (κ3) is 10.1. The normalized spacial score (nSPS) is 10.7. The smallest absolute Gasteiger partial charge is 0.191 e. The number of hydrogen-bond acceptors (Lipinski definition) is 5. The fourth-order valence-electron chi connectivity index (χ4n) is 3.25. The van der Waals surface area contributed by atoms with Gasteiger partial charge in [-0.25, -0.2) is 0 Å². The van der Waals surface area contributed by atoms with Gasteiger partial charge in [-0.2, -0.15) is 5.10 Å². The standard InChI is InChI=1S/C28H32ClN3O3S/c1-2-3-4-8-17-33-25-12-14-26(15-13-25)34-18-19-35-27-16-11-23(29)20-22(27)21-30-32-28(36)31-24-9-6-5-7-10-24/h5-7,9-16,20-21H,2-4,8,17-19H2,1H3,(H2,31,32,36)/b30-21-. The summed E-state index contributed by atoms with van der Waals surface area (Å²) in [5, 5.41) is 8.22. The van der Waals surface area contributed by atoms with E-state index in [0.717, 1.165) is 35.8 Å². The summed E-state index contributed by atoms with van der Waals surface area (Å²) >= 11 is 11.4. The number of rotatable bonds is 14. The molecule has 3 rings (SSSR count). The van der Waals surface area contributed by atoms with Crippen molar-refractivity contribution in [2.75, 3.05) is 25.1 Å². The number of hydrazone groups is 1. The van der Waals surface area contributed by atoms with Crippen LogP contribution in [0.3, 0.4) is 0 Å². The van der Waals surface area contributed by atoms with Crippen molar-refractivity contribution >= 4 is 40.8 Å². The number of thiocarbonyl (C=S) groups is 1. The van der Waals surface area contributed by atoms with Crippen LogP contribution in [-0.2, 0) is 0 Å². The van der Waals surface area contributed by atoms with E-state index in [9.17, 15) is 0 Å². The summed E-state index contributed by atoms with van der Waals surface area (Å²) in [4.78, 5) is 0. The molecule has 0 spiro atoms. The van der Waals surface area contributed by atoms with Crippen LogP contribution < -0.4 is 25.0 Å². The maximum atomic E-state index is 6.16. The first-order chi connectivity index (χ1) is 17.6. The Balaban J connectivity index is 1.42. The second kappa shape index (κ2) is 15.7. The van der Waals surface area contributed by atoms with Crippen molar-refractivity contribution in [2.24, 2.45) is 5.10 Å². The molecule has 0 fully saturated rings. The van der Waals surface area contributed by atoms with Crippen LogP contribution in [0.25, 0.3) is 0 Å². The molecule has 3 aromatic rings. The molecule has 36 heavy (non-hydrogen) atoms. The molecular formula is C28H32ClN3O3S. The number of unbranched alkanes of at least 4 members (excludes halogenated alkanes) is 3. The minimum absolute atomic E-state index is 0.361. The van der Waals surface area contributed by atoms with Gasteiger partial charge in [0.25, 0.3) is 0 Å². The Kier molecular flexibility index (Phi) is 11.9. The van der Waals surface area contributed by atoms with Crippen molar-refractivity contribution in [3.63, 3.8) is 0 Å². The lowest BCUT2D eigenvalue weighted by Crippen LogP contribution is -2.23. The van der Waals surface area contributed by atoms with Crippen molar-refractivity contribution < 1.29 is 14.2 Å². The predicted octanol–water partition coefficient (Wildman–Crippen LogP) is 7.08. The Morgan fingerprint density at radius 2 is 1.56 bits per heavy atom. The Labute approximate surface area is 223 Å². The highest BCUT2D eigenvalue weighted by Crippen LogP contribution is 2.22. The molecule has 0 amide bonds. The fraction of sp³-hybridized carbons (Fsp3) is 0.286. The van der Waals surface area contributed by atoms with Crippen LogP contribution in [0.1, 0.15) is 38.2 Å². The zero-order valence-electron chi connectivity index (χ0n) is 20.4. The van der Waals surface area contributed by atoms with Gasteiger partial charge in [-0.05, 0) is 73.2 Å². The lowest BCUT2D eigenvalue weighted by atomic mass is 10.2. The molecule has 0 heterocycles. The van der Waals surface area contributed by atoms with Gasteiger partial charge in [0, 0.05) is 16.3 Å². The lowest BCUT2D eigenvalue weighted by molar-refractivity contribution is 0.216. The molecule has 0 aliphatic heterocycles. The highest BCUT2D eigenvalue weighted by molar-refractivity contribution is 7.80. The molecule has 0 aliphatic carbocycles. The molecule has 190 valence electrons. The quantitative estimate of drug-likeness (QED) is 0.101. The summed E-state index contributed by atoms with van der Waals surface area (Å²) in [7, 11) is 0. The molecule has 0 bridgehead atoms. The van der Waals surface area contributed by atoms with Gasteiger partial charge in [0.15, 0.2) is 5.11 Å². The third-order valence-electron chi connectivity index (χ3n) is 5.07. The first-order valence-electron chi connectivity index (χ1n) is 12.1. The lowest BCUT2D eigenvalue weighted by Gasteiger charge is -2.11. The first kappa shape index (κ1) is 27.3. The molecule has 2 N–H and O–H groups in total. The Bertz CT molecular complexity index is 1090. The third-order valence-corrected chi connectivity index (χ3v) is 5.50. The number of nitrogens with one attached hydrogen (secondary N) is 2. The van der Waals surface area contributed by atoms with E-state index in [4.69, 9.17) is 38.0 Å². The summed E-state index contributed by atoms with van der Waals surface area (Å²) in [5.74, 6) is 2.26. The van der Waals surface area contributed by atoms with Crippen LogP contribution in [0.15, 0.2) is 77.9 Å². The maximum absolute atomic E-state index is 6.16. The first-order valence-corrected chi connectivity index (χ1v) is 12.9. The second-order valence-corrected chi connectivity index (χ2v) is 8.79. The van der Waals surface area contributed by atoms with Gasteiger partial charge >= 0.3 is 0 Å². The highest BCUT2D eigenvalue weighted by atomic mass is 35.5. The zero-order chi connectivity index (χ0) is 25.4. The van der Waals surface area contributed by atoms with Crippen LogP contribution >= 0.6 is 23.8 Å². The molecule has 0 radical (unpaired) electrons. The molecule has 0 aromatic heterocycles. The van der Waals surface area contributed by atoms with Crippen molar-refractivity contribution in [1.29, 1.82) is 0 Å². The number of halogens is 1. The van der Waals surface area contributed by atoms with Crippen LogP contribution in [0.4, 0.5) is 5.69 Å². The summed E-state index contributed by atoms with van der Waals surface area (Å²) < 4.78 is 17.5. The van der Waals surface area contributed by atoms with Gasteiger partial charge in [-0.1, -0.05) is 56.0 Å². The largest absolute Gasteiger partial charge is 0.494 e. The molecule has 0 saturated carbocycles. The monoisotopic (exact) mass is 525 g/mol. The van der Waals surface area contributed by atoms with E-state index in [0.29, 0.717) is 29.1 Å². The molecule has 3 aromatic carbocycles. The summed E-state index contributed by atoms with van der Waals surface area (Å²) in [5.41, 5.74) is 4.39. The predicted molar refractivity (Wildman–Crippen MR) is 152 cm³/mol. The van der Waals surface area contributed by atoms with E-state index in [2.05, 4.69) is 22.8 Å². The van der Waals surface area contributed by atoms with Gasteiger partial charge in [-0.3, -0.25) is 5.43 Å². The van der Waals surface area contributed by atoms with Crippen molar-refractivity contribution in [2.45, 2.75) is 32.6 Å². The molecule has 6 nitrogen and oxygen atoms in total. The average molecular weight is 526 g/mol. The minimum atomic E-state index is 0.361. The van der Waals surface area contributed by atoms with Gasteiger partial charge in [-0.15, -0.1) is 0 Å². The SMILES string of the molecule is CCCCCCOc1ccc(OCCOc2ccc(Cl)cc2/C=N\NC(=S)Nc2ccccc2)cc1. The second-order valence-electron chi connectivity index (χ2n) is 7.95. The number of nitrogens with zero attached hydrogens (tertiary/aromatic N) is 1. The maximum Gasteiger partial charge on any atom is 0.191 e. The Hall–Kier alpha value is -3.29. The van der Waals surface area contributed by atoms with Gasteiger partial charge in [0.05, 0.1) is 12.8 Å². The molecule has 0 unspecified atom stereocenters. The van der Waals surface area contributed by atoms with E-state index in [-0.39, 0.29) is 0 Å². The number of benzene rings is 3. The van der Waals surface area contributed by atoms with E-state index in [1.54, 1.807) is 24.4 Å². The van der Waals surface area contributed by atoms with Crippen LogP contribution in [-0.4, -0.2) is 31.1 Å². The van der Waals surface area contributed by atoms with Crippen LogP contribution in [0.2, 0.25) is 5.02 Å². The molecule has 0 saturated heterocycles. The molecule has 8 heteroatoms. The van der Waals surface area contributed by atoms with Gasteiger partial charge in [0.2, 0.25) is 0 Å². The van der Waals surface area contributed by atoms with E-state index in [1.807, 2.05) is 54.6 Å². The number of hydrogen-bond donors (Lipinski definition) is 2. The van der Waals surface area contributed by atoms with Gasteiger partial charge < -0.3 is 19.5 Å². The van der Waals surface area contributed by atoms with Crippen molar-refractivity contribution in [3.8, 4) is 17.2 Å². The fourth-order valence-corrected chi connectivity index (χ4v) is 3.61. The summed E-state index contributed by atoms with van der Waals surface area (Å²) in [6.45, 7) is 3.69. The highest BCUT2D eigenvalue weighted by Gasteiger charge is 2.04. The van der Waals surface area contributed by atoms with E-state index in [1.165, 1.54) is 19.3 Å². The number of ether oxygens (including phenoxy) is 3. The van der Waals surface area contributed by atoms with Crippen LogP contribution in [0, 0.1) is 0 Å². The molecule has 0 atom stereocenters. The van der Waals surface area contributed by atoms with Gasteiger partial charge in [0.1, 0.15) is 30.5 Å². The molecular weight excluding hydrogens is 494 g/mol. The van der Waals surface area contributed by atoms with E-state index < -0.39 is 0 Å². The Morgan fingerprint density at radius 1 is 0.861 bits per heavy atom. The summed E-state index contributed by atoms with van der Waals surface area (Å²) in [6, 6.07) is 22.6. The average Bonchev–Trinajstić information content (AvgIpc) is 2.89. The van der Waals surface area contributed by atoms with Crippen LogP contribution in [0.5, 0.6) is 17.2 Å². The van der Waals surface area contributed by atoms with Crippen molar-refractivity contribution in [1.82, 2.24) is 5.43 Å². The minimum Gasteiger partial charge on any atom is -0.494 e. The molecule has 0 aliphatic rings. The zero-order valence-corrected chi connectivity index (χ0v) is 22.0. The van der Waals surface area contributed by atoms with Crippen molar-refractivity contribution in [3.05, 3.63) is 83.4 Å². The Morgan fingerprint density at radius 3 is 2.28 bits per heavy atom. The van der Waals surface area contributed by atoms with E-state index >= 15 is 0 Å². The summed E-state index contributed by atoms with van der Waals surface area (Å²) in [6.07, 6.45) is 6.37. The number of para-hydroxylation sites is 1. The number of anilines is 1.